The Labute approximate surface area is 182 Å². The molecule has 0 radical (unpaired) electrons. The zero-order chi connectivity index (χ0) is 22.2. The average molecular weight is 435 g/mol. The first-order valence-electron chi connectivity index (χ1n) is 10.9. The predicted molar refractivity (Wildman–Crippen MR) is 120 cm³/mol. The summed E-state index contributed by atoms with van der Waals surface area (Å²) in [5.74, 6) is 0.987. The molecule has 1 aliphatic carbocycles. The molecule has 9 heteroatoms. The van der Waals surface area contributed by atoms with E-state index in [1.165, 1.54) is 0 Å². The summed E-state index contributed by atoms with van der Waals surface area (Å²) in [5, 5.41) is 16.2. The third-order valence-corrected chi connectivity index (χ3v) is 5.64. The highest BCUT2D eigenvalue weighted by Crippen LogP contribution is 2.29. The Morgan fingerprint density at radius 3 is 2.61 bits per heavy atom. The Balaban J connectivity index is 1.83. The van der Waals surface area contributed by atoms with Crippen molar-refractivity contribution in [2.45, 2.75) is 57.3 Å². The number of alkyl halides is 2. The van der Waals surface area contributed by atoms with E-state index >= 15 is 0 Å². The summed E-state index contributed by atoms with van der Waals surface area (Å²) >= 11 is 0. The van der Waals surface area contributed by atoms with E-state index < -0.39 is 12.8 Å². The van der Waals surface area contributed by atoms with Crippen LogP contribution >= 0.6 is 0 Å². The van der Waals surface area contributed by atoms with Gasteiger partial charge in [-0.2, -0.15) is 4.98 Å². The number of aromatic nitrogens is 3. The molecule has 0 bridgehead atoms. The Morgan fingerprint density at radius 1 is 1.19 bits per heavy atom. The molecule has 0 amide bonds. The molecule has 170 valence electrons. The SMILES string of the molecule is CC[C@H](F)CNc1ncc(-c2ccc(N(C)CCF)cn2)c(N[C@H]2CC[C@H](O)CC2)n1. The molecule has 3 N–H and O–H groups in total. The molecule has 2 aromatic rings. The van der Waals surface area contributed by atoms with Crippen molar-refractivity contribution < 1.29 is 13.9 Å². The standard InChI is InChI=1S/C22H32F2N6O/c1-3-15(24)12-26-22-27-14-19(20-9-6-17(13-25-20)30(2)11-10-23)21(29-22)28-16-4-7-18(31)8-5-16/h6,9,13-16,18,31H,3-5,7-8,10-12H2,1-2H3,(H2,26,27,28,29)/t15-,16-,18-/m0/s1. The highest BCUT2D eigenvalue weighted by atomic mass is 19.1. The van der Waals surface area contributed by atoms with Gasteiger partial charge in [0.1, 0.15) is 18.7 Å². The zero-order valence-corrected chi connectivity index (χ0v) is 18.2. The topological polar surface area (TPSA) is 86.2 Å². The van der Waals surface area contributed by atoms with Gasteiger partial charge in [0, 0.05) is 32.4 Å². The fourth-order valence-corrected chi connectivity index (χ4v) is 3.55. The van der Waals surface area contributed by atoms with Crippen LogP contribution in [-0.4, -0.2) is 65.2 Å². The zero-order valence-electron chi connectivity index (χ0n) is 18.2. The molecule has 0 aliphatic heterocycles. The van der Waals surface area contributed by atoms with Gasteiger partial charge in [0.2, 0.25) is 5.95 Å². The minimum absolute atomic E-state index is 0.152. The van der Waals surface area contributed by atoms with Crippen LogP contribution in [0.25, 0.3) is 11.3 Å². The first-order valence-corrected chi connectivity index (χ1v) is 10.9. The Bertz CT molecular complexity index is 814. The van der Waals surface area contributed by atoms with Crippen molar-refractivity contribution in [1.29, 1.82) is 0 Å². The third-order valence-electron chi connectivity index (χ3n) is 5.64. The van der Waals surface area contributed by atoms with Crippen molar-refractivity contribution in [3.63, 3.8) is 0 Å². The first kappa shape index (κ1) is 23.1. The smallest absolute Gasteiger partial charge is 0.224 e. The summed E-state index contributed by atoms with van der Waals surface area (Å²) in [6.45, 7) is 1.82. The van der Waals surface area contributed by atoms with Gasteiger partial charge >= 0.3 is 0 Å². The van der Waals surface area contributed by atoms with Crippen molar-refractivity contribution >= 4 is 17.5 Å². The number of rotatable bonds is 10. The number of anilines is 3. The number of nitrogens with zero attached hydrogens (tertiary/aromatic N) is 4. The fraction of sp³-hybridized carbons (Fsp3) is 0.591. The molecule has 0 saturated heterocycles. The van der Waals surface area contributed by atoms with Gasteiger partial charge in [-0.15, -0.1) is 0 Å². The first-order chi connectivity index (χ1) is 15.0. The lowest BCUT2D eigenvalue weighted by molar-refractivity contribution is 0.126. The van der Waals surface area contributed by atoms with Gasteiger partial charge in [-0.1, -0.05) is 6.92 Å². The van der Waals surface area contributed by atoms with Gasteiger partial charge in [0.15, 0.2) is 0 Å². The summed E-state index contributed by atoms with van der Waals surface area (Å²) in [4.78, 5) is 15.3. The molecule has 31 heavy (non-hydrogen) atoms. The maximum absolute atomic E-state index is 13.6. The van der Waals surface area contributed by atoms with Gasteiger partial charge in [-0.3, -0.25) is 4.98 Å². The van der Waals surface area contributed by atoms with E-state index in [1.54, 1.807) is 24.2 Å². The third kappa shape index (κ3) is 6.46. The molecule has 1 saturated carbocycles. The summed E-state index contributed by atoms with van der Waals surface area (Å²) in [6.07, 6.45) is 5.78. The Hall–Kier alpha value is -2.55. The molecule has 0 unspecified atom stereocenters. The minimum Gasteiger partial charge on any atom is -0.393 e. The second-order valence-corrected chi connectivity index (χ2v) is 8.00. The summed E-state index contributed by atoms with van der Waals surface area (Å²) < 4.78 is 26.2. The van der Waals surface area contributed by atoms with Gasteiger partial charge in [0.05, 0.1) is 29.2 Å². The average Bonchev–Trinajstić information content (AvgIpc) is 2.79. The number of aliphatic hydroxyl groups is 1. The van der Waals surface area contributed by atoms with E-state index in [1.807, 2.05) is 19.2 Å². The number of hydrogen-bond acceptors (Lipinski definition) is 7. The van der Waals surface area contributed by atoms with Crippen LogP contribution in [0.15, 0.2) is 24.5 Å². The van der Waals surface area contributed by atoms with Crippen LogP contribution in [-0.2, 0) is 0 Å². The molecular weight excluding hydrogens is 402 g/mol. The van der Waals surface area contributed by atoms with E-state index in [9.17, 15) is 13.9 Å². The highest BCUT2D eigenvalue weighted by molar-refractivity contribution is 5.73. The molecule has 1 aliphatic rings. The molecular formula is C22H32F2N6O. The molecule has 3 rings (SSSR count). The van der Waals surface area contributed by atoms with Crippen molar-refractivity contribution in [2.75, 3.05) is 42.3 Å². The minimum atomic E-state index is -0.963. The van der Waals surface area contributed by atoms with Gasteiger partial charge in [-0.05, 0) is 44.2 Å². The predicted octanol–water partition coefficient (Wildman–Crippen LogP) is 3.82. The van der Waals surface area contributed by atoms with Gasteiger partial charge < -0.3 is 20.6 Å². The quantitative estimate of drug-likeness (QED) is 0.524. The van der Waals surface area contributed by atoms with Crippen molar-refractivity contribution in [3.8, 4) is 11.3 Å². The number of pyridine rings is 1. The van der Waals surface area contributed by atoms with Crippen molar-refractivity contribution in [1.82, 2.24) is 15.0 Å². The van der Waals surface area contributed by atoms with Crippen LogP contribution in [0.1, 0.15) is 39.0 Å². The van der Waals surface area contributed by atoms with Crippen LogP contribution < -0.4 is 15.5 Å². The van der Waals surface area contributed by atoms with Gasteiger partial charge in [0.25, 0.3) is 0 Å². The lowest BCUT2D eigenvalue weighted by Gasteiger charge is -2.27. The highest BCUT2D eigenvalue weighted by Gasteiger charge is 2.21. The van der Waals surface area contributed by atoms with Gasteiger partial charge in [-0.25, -0.2) is 13.8 Å². The van der Waals surface area contributed by atoms with E-state index in [4.69, 9.17) is 0 Å². The number of aliphatic hydroxyl groups excluding tert-OH is 1. The molecule has 1 atom stereocenters. The molecule has 1 fully saturated rings. The van der Waals surface area contributed by atoms with E-state index in [-0.39, 0.29) is 18.7 Å². The largest absolute Gasteiger partial charge is 0.393 e. The van der Waals surface area contributed by atoms with E-state index in [0.717, 1.165) is 36.9 Å². The summed E-state index contributed by atoms with van der Waals surface area (Å²) in [5.41, 5.74) is 2.26. The van der Waals surface area contributed by atoms with E-state index in [0.29, 0.717) is 30.4 Å². The molecule has 2 heterocycles. The lowest BCUT2D eigenvalue weighted by Crippen LogP contribution is -2.29. The van der Waals surface area contributed by atoms with Crippen LogP contribution in [0.4, 0.5) is 26.2 Å². The lowest BCUT2D eigenvalue weighted by atomic mass is 9.93. The second-order valence-electron chi connectivity index (χ2n) is 8.00. The van der Waals surface area contributed by atoms with Crippen molar-refractivity contribution in [2.24, 2.45) is 0 Å². The normalized spacial score (nSPS) is 19.6. The Kier molecular flexibility index (Phi) is 8.34. The maximum atomic E-state index is 13.6. The summed E-state index contributed by atoms with van der Waals surface area (Å²) in [7, 11) is 1.82. The molecule has 2 aromatic heterocycles. The van der Waals surface area contributed by atoms with E-state index in [2.05, 4.69) is 25.6 Å². The monoisotopic (exact) mass is 434 g/mol. The maximum Gasteiger partial charge on any atom is 0.224 e. The van der Waals surface area contributed by atoms with Crippen LogP contribution in [0.2, 0.25) is 0 Å². The fourth-order valence-electron chi connectivity index (χ4n) is 3.55. The Morgan fingerprint density at radius 2 is 1.97 bits per heavy atom. The van der Waals surface area contributed by atoms with Crippen molar-refractivity contribution in [3.05, 3.63) is 24.5 Å². The number of halogens is 2. The van der Waals surface area contributed by atoms with Crippen LogP contribution in [0.5, 0.6) is 0 Å². The van der Waals surface area contributed by atoms with Crippen LogP contribution in [0.3, 0.4) is 0 Å². The molecule has 0 spiro atoms. The molecule has 0 aromatic carbocycles. The van der Waals surface area contributed by atoms with Crippen LogP contribution in [0, 0.1) is 0 Å². The molecule has 7 nitrogen and oxygen atoms in total. The number of nitrogens with one attached hydrogen (secondary N) is 2. The number of hydrogen-bond donors (Lipinski definition) is 3. The summed E-state index contributed by atoms with van der Waals surface area (Å²) in [6, 6.07) is 3.93. The second kappa shape index (κ2) is 11.2.